The molecule has 156 valence electrons. The average Bonchev–Trinajstić information content (AvgIpc) is 3.17. The Balaban J connectivity index is 1.45. The Morgan fingerprint density at radius 3 is 2.73 bits per heavy atom. The molecule has 30 heavy (non-hydrogen) atoms. The number of rotatable bonds is 6. The van der Waals surface area contributed by atoms with Crippen molar-refractivity contribution in [3.05, 3.63) is 59.2 Å². The molecule has 5 heteroatoms. The van der Waals surface area contributed by atoms with Gasteiger partial charge in [0.05, 0.1) is 17.3 Å². The summed E-state index contributed by atoms with van der Waals surface area (Å²) in [6.07, 6.45) is 4.45. The van der Waals surface area contributed by atoms with E-state index in [1.54, 1.807) is 4.90 Å². The fourth-order valence-corrected chi connectivity index (χ4v) is 4.31. The average molecular weight is 404 g/mol. The van der Waals surface area contributed by atoms with E-state index in [1.165, 1.54) is 5.56 Å². The number of benzene rings is 2. The maximum atomic E-state index is 13.3. The number of nitrogens with zero attached hydrogens (tertiary/aromatic N) is 2. The molecule has 0 bridgehead atoms. The van der Waals surface area contributed by atoms with E-state index in [-0.39, 0.29) is 24.3 Å². The van der Waals surface area contributed by atoms with Gasteiger partial charge in [-0.15, -0.1) is 0 Å². The summed E-state index contributed by atoms with van der Waals surface area (Å²) < 4.78 is 0. The summed E-state index contributed by atoms with van der Waals surface area (Å²) in [5.41, 5.74) is 6.04. The molecule has 0 spiro atoms. The molecule has 2 aromatic carbocycles. The third-order valence-corrected chi connectivity index (χ3v) is 6.15. The normalized spacial score (nSPS) is 17.8. The lowest BCUT2D eigenvalue weighted by atomic mass is 10.0. The van der Waals surface area contributed by atoms with Gasteiger partial charge in [-0.3, -0.25) is 14.6 Å². The quantitative estimate of drug-likeness (QED) is 0.732. The number of hydrogen-bond donors (Lipinski definition) is 1. The zero-order chi connectivity index (χ0) is 21.1. The topological polar surface area (TPSA) is 61.8 Å². The van der Waals surface area contributed by atoms with Crippen molar-refractivity contribution in [2.24, 2.45) is 10.9 Å². The summed E-state index contributed by atoms with van der Waals surface area (Å²) in [6.45, 7) is 4.72. The van der Waals surface area contributed by atoms with E-state index in [2.05, 4.69) is 24.4 Å². The van der Waals surface area contributed by atoms with Crippen LogP contribution in [-0.4, -0.2) is 30.6 Å². The lowest BCUT2D eigenvalue weighted by molar-refractivity contribution is -0.124. The summed E-state index contributed by atoms with van der Waals surface area (Å²) in [7, 11) is 0. The van der Waals surface area contributed by atoms with Crippen molar-refractivity contribution in [3.8, 4) is 0 Å². The van der Waals surface area contributed by atoms with Crippen molar-refractivity contribution in [2.45, 2.75) is 46.0 Å². The van der Waals surface area contributed by atoms with Gasteiger partial charge in [0.1, 0.15) is 6.54 Å². The molecule has 1 atom stereocenters. The van der Waals surface area contributed by atoms with Crippen molar-refractivity contribution in [1.82, 2.24) is 5.32 Å². The molecule has 0 saturated heterocycles. The van der Waals surface area contributed by atoms with Gasteiger partial charge in [0.2, 0.25) is 11.8 Å². The standard InChI is InChI=1S/C25H29N3O2/c1-17-14-22-23(15-18(17)2)28(25(30)20-11-6-12-21(20)27-22)16-24(29)26-13-7-10-19-8-4-3-5-9-19/h3-5,8-9,14-15,20H,6-7,10-13,16H2,1-2H3,(H,26,29)/t20-/m0/s1. The first-order chi connectivity index (χ1) is 14.5. The fraction of sp³-hybridized carbons (Fsp3) is 0.400. The van der Waals surface area contributed by atoms with E-state index in [4.69, 9.17) is 4.99 Å². The predicted octanol–water partition coefficient (Wildman–Crippen LogP) is 4.27. The van der Waals surface area contributed by atoms with Crippen molar-refractivity contribution in [1.29, 1.82) is 0 Å². The van der Waals surface area contributed by atoms with Crippen LogP contribution >= 0.6 is 0 Å². The van der Waals surface area contributed by atoms with Crippen LogP contribution in [0.15, 0.2) is 47.5 Å². The van der Waals surface area contributed by atoms with Crippen molar-refractivity contribution >= 4 is 28.9 Å². The summed E-state index contributed by atoms with van der Waals surface area (Å²) in [5.74, 6) is -0.307. The Hall–Kier alpha value is -2.95. The number of aliphatic imine (C=N–C) groups is 1. The molecule has 2 aromatic rings. The fourth-order valence-electron chi connectivity index (χ4n) is 4.31. The minimum absolute atomic E-state index is 0.00712. The Morgan fingerprint density at radius 2 is 1.93 bits per heavy atom. The van der Waals surface area contributed by atoms with Crippen LogP contribution < -0.4 is 10.2 Å². The largest absolute Gasteiger partial charge is 0.355 e. The van der Waals surface area contributed by atoms with Gasteiger partial charge in [-0.25, -0.2) is 0 Å². The maximum Gasteiger partial charge on any atom is 0.240 e. The summed E-state index contributed by atoms with van der Waals surface area (Å²) in [4.78, 5) is 32.5. The minimum atomic E-state index is -0.191. The molecule has 1 aliphatic carbocycles. The zero-order valence-corrected chi connectivity index (χ0v) is 17.8. The van der Waals surface area contributed by atoms with Crippen LogP contribution in [0.5, 0.6) is 0 Å². The predicted molar refractivity (Wildman–Crippen MR) is 120 cm³/mol. The molecule has 2 aliphatic rings. The van der Waals surface area contributed by atoms with E-state index in [0.717, 1.165) is 60.3 Å². The Labute approximate surface area is 178 Å². The van der Waals surface area contributed by atoms with E-state index < -0.39 is 0 Å². The van der Waals surface area contributed by atoms with Crippen LogP contribution in [0.4, 0.5) is 11.4 Å². The van der Waals surface area contributed by atoms with E-state index in [9.17, 15) is 9.59 Å². The van der Waals surface area contributed by atoms with Gasteiger partial charge in [0.15, 0.2) is 0 Å². The first-order valence-electron chi connectivity index (χ1n) is 10.8. The maximum absolute atomic E-state index is 13.3. The smallest absolute Gasteiger partial charge is 0.240 e. The van der Waals surface area contributed by atoms with Crippen LogP contribution in [0.3, 0.4) is 0 Å². The van der Waals surface area contributed by atoms with E-state index in [1.807, 2.05) is 37.3 Å². The molecule has 5 nitrogen and oxygen atoms in total. The number of anilines is 1. The van der Waals surface area contributed by atoms with Gasteiger partial charge in [-0.05, 0) is 74.8 Å². The molecule has 1 fully saturated rings. The molecule has 4 rings (SSSR count). The molecule has 1 N–H and O–H groups in total. The van der Waals surface area contributed by atoms with Gasteiger partial charge in [0, 0.05) is 12.3 Å². The molecule has 0 aromatic heterocycles. The highest BCUT2D eigenvalue weighted by Crippen LogP contribution is 2.39. The highest BCUT2D eigenvalue weighted by atomic mass is 16.2. The first-order valence-corrected chi connectivity index (χ1v) is 10.8. The van der Waals surface area contributed by atoms with Crippen LogP contribution in [-0.2, 0) is 16.0 Å². The van der Waals surface area contributed by atoms with Crippen LogP contribution in [0.2, 0.25) is 0 Å². The van der Waals surface area contributed by atoms with Gasteiger partial charge in [-0.1, -0.05) is 30.3 Å². The highest BCUT2D eigenvalue weighted by molar-refractivity contribution is 6.16. The van der Waals surface area contributed by atoms with Gasteiger partial charge >= 0.3 is 0 Å². The molecular weight excluding hydrogens is 374 g/mol. The third kappa shape index (κ3) is 4.30. The van der Waals surface area contributed by atoms with Crippen LogP contribution in [0.1, 0.15) is 42.4 Å². The lowest BCUT2D eigenvalue weighted by Crippen LogP contribution is -2.44. The van der Waals surface area contributed by atoms with E-state index in [0.29, 0.717) is 6.54 Å². The molecule has 0 radical (unpaired) electrons. The zero-order valence-electron chi connectivity index (χ0n) is 17.8. The number of aryl methyl sites for hydroxylation is 3. The second-order valence-electron chi connectivity index (χ2n) is 8.34. The van der Waals surface area contributed by atoms with E-state index >= 15 is 0 Å². The van der Waals surface area contributed by atoms with Crippen LogP contribution in [0.25, 0.3) is 0 Å². The van der Waals surface area contributed by atoms with Gasteiger partial charge < -0.3 is 10.2 Å². The monoisotopic (exact) mass is 403 g/mol. The highest BCUT2D eigenvalue weighted by Gasteiger charge is 2.37. The lowest BCUT2D eigenvalue weighted by Gasteiger charge is -2.25. The number of carbonyl (C=O) groups excluding carboxylic acids is 2. The van der Waals surface area contributed by atoms with Crippen molar-refractivity contribution < 1.29 is 9.59 Å². The van der Waals surface area contributed by atoms with Gasteiger partial charge in [0.25, 0.3) is 0 Å². The second kappa shape index (κ2) is 8.82. The first kappa shape index (κ1) is 20.3. The Morgan fingerprint density at radius 1 is 1.17 bits per heavy atom. The molecular formula is C25H29N3O2. The number of nitrogens with one attached hydrogen (secondary N) is 1. The number of carbonyl (C=O) groups is 2. The second-order valence-corrected chi connectivity index (χ2v) is 8.34. The summed E-state index contributed by atoms with van der Waals surface area (Å²) in [5, 5.41) is 2.99. The summed E-state index contributed by atoms with van der Waals surface area (Å²) >= 11 is 0. The third-order valence-electron chi connectivity index (χ3n) is 6.15. The summed E-state index contributed by atoms with van der Waals surface area (Å²) in [6, 6.07) is 14.3. The number of fused-ring (bicyclic) bond motifs is 2. The van der Waals surface area contributed by atoms with Crippen molar-refractivity contribution in [3.63, 3.8) is 0 Å². The molecule has 1 aliphatic heterocycles. The minimum Gasteiger partial charge on any atom is -0.355 e. The number of hydrogen-bond acceptors (Lipinski definition) is 3. The molecule has 1 heterocycles. The Bertz CT molecular complexity index is 981. The molecule has 0 unspecified atom stereocenters. The van der Waals surface area contributed by atoms with Crippen LogP contribution in [0, 0.1) is 19.8 Å². The SMILES string of the molecule is Cc1cc2c(cc1C)N(CC(=O)NCCCc1ccccc1)C(=O)[C@H]1CCCC1=N2. The van der Waals surface area contributed by atoms with Crippen molar-refractivity contribution in [2.75, 3.05) is 18.0 Å². The number of amides is 2. The molecule has 1 saturated carbocycles. The molecule has 2 amide bonds. The Kier molecular flexibility index (Phi) is 5.98. The van der Waals surface area contributed by atoms with Gasteiger partial charge in [-0.2, -0.15) is 0 Å².